The van der Waals surface area contributed by atoms with Gasteiger partial charge in [-0.15, -0.1) is 0 Å². The predicted octanol–water partition coefficient (Wildman–Crippen LogP) is 3.73. The zero-order valence-electron chi connectivity index (χ0n) is 18.6. The van der Waals surface area contributed by atoms with Crippen molar-refractivity contribution in [2.24, 2.45) is 0 Å². The average molecular weight is 494 g/mol. The summed E-state index contributed by atoms with van der Waals surface area (Å²) in [6.07, 6.45) is 1.81. The number of amides is 3. The van der Waals surface area contributed by atoms with Crippen LogP contribution in [0.15, 0.2) is 53.4 Å². The Balaban J connectivity index is 1.41. The summed E-state index contributed by atoms with van der Waals surface area (Å²) in [5.41, 5.74) is 3.28. The number of carbonyl (C=O) groups is 3. The number of ether oxygens (including phenoxy) is 1. The molecule has 0 aliphatic carbocycles. The molecule has 174 valence electrons. The van der Waals surface area contributed by atoms with E-state index in [4.69, 9.17) is 17.0 Å². The SMILES string of the molecule is Cc1ccc(NC(=O)CN2C(=O)/C(=C3\SC(=S)N(C[C@H]4CCCO4)C3=O)c3ccccc32)cc1. The van der Waals surface area contributed by atoms with Gasteiger partial charge in [0.25, 0.3) is 11.8 Å². The Bertz CT molecular complexity index is 1220. The minimum atomic E-state index is -0.377. The Kier molecular flexibility index (Phi) is 6.24. The molecule has 2 saturated heterocycles. The van der Waals surface area contributed by atoms with Crippen molar-refractivity contribution >= 4 is 63.0 Å². The number of nitrogens with zero attached hydrogens (tertiary/aromatic N) is 2. The molecule has 9 heteroatoms. The van der Waals surface area contributed by atoms with E-state index in [2.05, 4.69) is 5.32 Å². The highest BCUT2D eigenvalue weighted by Crippen LogP contribution is 2.44. The number of hydrogen-bond donors (Lipinski definition) is 1. The summed E-state index contributed by atoms with van der Waals surface area (Å²) in [5, 5.41) is 2.83. The monoisotopic (exact) mass is 493 g/mol. The second-order valence-corrected chi connectivity index (χ2v) is 10.1. The van der Waals surface area contributed by atoms with Crippen LogP contribution in [0.5, 0.6) is 0 Å². The van der Waals surface area contributed by atoms with Crippen molar-refractivity contribution in [2.75, 3.05) is 29.9 Å². The van der Waals surface area contributed by atoms with E-state index >= 15 is 0 Å². The number of hydrogen-bond acceptors (Lipinski definition) is 6. The molecule has 5 rings (SSSR count). The van der Waals surface area contributed by atoms with Gasteiger partial charge in [0.2, 0.25) is 5.91 Å². The molecule has 1 N–H and O–H groups in total. The van der Waals surface area contributed by atoms with Crippen molar-refractivity contribution in [3.8, 4) is 0 Å². The third-order valence-corrected chi connectivity index (χ3v) is 7.49. The highest BCUT2D eigenvalue weighted by atomic mass is 32.2. The molecule has 2 aromatic rings. The number of rotatable bonds is 5. The minimum absolute atomic E-state index is 0.0413. The molecule has 1 atom stereocenters. The van der Waals surface area contributed by atoms with Gasteiger partial charge in [-0.3, -0.25) is 24.2 Å². The number of carbonyl (C=O) groups excluding carboxylic acids is 3. The van der Waals surface area contributed by atoms with Crippen LogP contribution in [-0.2, 0) is 19.1 Å². The van der Waals surface area contributed by atoms with Gasteiger partial charge in [0.15, 0.2) is 0 Å². The fourth-order valence-corrected chi connectivity index (χ4v) is 5.68. The molecule has 7 nitrogen and oxygen atoms in total. The quantitative estimate of drug-likeness (QED) is 0.505. The first kappa shape index (κ1) is 22.8. The summed E-state index contributed by atoms with van der Waals surface area (Å²) in [6.45, 7) is 2.88. The zero-order chi connectivity index (χ0) is 23.8. The maximum Gasteiger partial charge on any atom is 0.267 e. The van der Waals surface area contributed by atoms with Crippen molar-refractivity contribution < 1.29 is 19.1 Å². The van der Waals surface area contributed by atoms with Crippen LogP contribution in [0.4, 0.5) is 11.4 Å². The Labute approximate surface area is 207 Å². The molecular formula is C25H23N3O4S2. The van der Waals surface area contributed by atoms with Gasteiger partial charge in [-0.1, -0.05) is 59.9 Å². The normalized spacial score (nSPS) is 22.0. The average Bonchev–Trinajstić information content (AvgIpc) is 3.50. The Morgan fingerprint density at radius 3 is 2.62 bits per heavy atom. The van der Waals surface area contributed by atoms with Gasteiger partial charge in [-0.05, 0) is 38.0 Å². The van der Waals surface area contributed by atoms with Gasteiger partial charge in [0.05, 0.1) is 28.8 Å². The standard InChI is InChI=1S/C25H23N3O4S2/c1-15-8-10-16(11-9-15)26-20(29)14-27-19-7-3-2-6-18(19)21(23(27)30)22-24(31)28(25(33)34-22)13-17-5-4-12-32-17/h2-3,6-11,17H,4-5,12-14H2,1H3,(H,26,29)/b22-21-/t17-/m1/s1. The van der Waals surface area contributed by atoms with E-state index in [0.29, 0.717) is 44.9 Å². The zero-order valence-corrected chi connectivity index (χ0v) is 20.2. The summed E-state index contributed by atoms with van der Waals surface area (Å²) in [4.78, 5) is 42.8. The number of anilines is 2. The van der Waals surface area contributed by atoms with Crippen LogP contribution in [-0.4, -0.2) is 52.7 Å². The number of thiocarbonyl (C=S) groups is 1. The molecule has 0 radical (unpaired) electrons. The van der Waals surface area contributed by atoms with Crippen LogP contribution in [0.25, 0.3) is 5.57 Å². The molecule has 0 saturated carbocycles. The number of benzene rings is 2. The first-order valence-electron chi connectivity index (χ1n) is 11.1. The third kappa shape index (κ3) is 4.26. The summed E-state index contributed by atoms with van der Waals surface area (Å²) in [5.74, 6) is -0.980. The molecule has 0 spiro atoms. The fraction of sp³-hybridized carbons (Fsp3) is 0.280. The minimum Gasteiger partial charge on any atom is -0.376 e. The number of para-hydroxylation sites is 1. The summed E-state index contributed by atoms with van der Waals surface area (Å²) in [7, 11) is 0. The molecule has 2 fully saturated rings. The van der Waals surface area contributed by atoms with E-state index in [0.717, 1.165) is 30.2 Å². The molecule has 0 unspecified atom stereocenters. The first-order valence-corrected chi connectivity index (χ1v) is 12.3. The summed E-state index contributed by atoms with van der Waals surface area (Å²) in [6, 6.07) is 14.7. The van der Waals surface area contributed by atoms with E-state index in [-0.39, 0.29) is 30.4 Å². The third-order valence-electron chi connectivity index (χ3n) is 6.05. The number of nitrogens with one attached hydrogen (secondary N) is 1. The second kappa shape index (κ2) is 9.32. The molecule has 0 aromatic heterocycles. The maximum atomic E-state index is 13.5. The first-order chi connectivity index (χ1) is 16.4. The van der Waals surface area contributed by atoms with Crippen LogP contribution < -0.4 is 10.2 Å². The Hall–Kier alpha value is -3.01. The molecule has 3 aliphatic rings. The van der Waals surface area contributed by atoms with E-state index in [1.54, 1.807) is 12.1 Å². The Morgan fingerprint density at radius 1 is 1.12 bits per heavy atom. The number of thioether (sulfide) groups is 1. The van der Waals surface area contributed by atoms with Crippen LogP contribution in [0.1, 0.15) is 24.0 Å². The number of aryl methyl sites for hydroxylation is 1. The van der Waals surface area contributed by atoms with Gasteiger partial charge in [-0.25, -0.2) is 0 Å². The lowest BCUT2D eigenvalue weighted by Gasteiger charge is -2.18. The van der Waals surface area contributed by atoms with Crippen molar-refractivity contribution in [2.45, 2.75) is 25.9 Å². The van der Waals surface area contributed by atoms with Gasteiger partial charge >= 0.3 is 0 Å². The molecule has 34 heavy (non-hydrogen) atoms. The molecule has 3 aliphatic heterocycles. The Morgan fingerprint density at radius 2 is 1.88 bits per heavy atom. The van der Waals surface area contributed by atoms with Gasteiger partial charge in [0.1, 0.15) is 10.9 Å². The summed E-state index contributed by atoms with van der Waals surface area (Å²) >= 11 is 6.61. The predicted molar refractivity (Wildman–Crippen MR) is 136 cm³/mol. The maximum absolute atomic E-state index is 13.5. The van der Waals surface area contributed by atoms with Gasteiger partial charge in [0, 0.05) is 17.9 Å². The van der Waals surface area contributed by atoms with Crippen molar-refractivity contribution in [1.82, 2.24) is 4.90 Å². The molecule has 2 aromatic carbocycles. The van der Waals surface area contributed by atoms with Gasteiger partial charge < -0.3 is 10.1 Å². The van der Waals surface area contributed by atoms with E-state index in [1.807, 2.05) is 43.3 Å². The molecule has 3 heterocycles. The van der Waals surface area contributed by atoms with Crippen LogP contribution in [0.3, 0.4) is 0 Å². The van der Waals surface area contributed by atoms with Crippen LogP contribution in [0, 0.1) is 6.92 Å². The fourth-order valence-electron chi connectivity index (χ4n) is 4.34. The molecule has 0 bridgehead atoms. The van der Waals surface area contributed by atoms with E-state index < -0.39 is 0 Å². The molecule has 3 amide bonds. The topological polar surface area (TPSA) is 79.0 Å². The van der Waals surface area contributed by atoms with Crippen molar-refractivity contribution in [1.29, 1.82) is 0 Å². The summed E-state index contributed by atoms with van der Waals surface area (Å²) < 4.78 is 6.09. The van der Waals surface area contributed by atoms with Crippen LogP contribution >= 0.6 is 24.0 Å². The largest absolute Gasteiger partial charge is 0.376 e. The van der Waals surface area contributed by atoms with Gasteiger partial charge in [-0.2, -0.15) is 0 Å². The lowest BCUT2D eigenvalue weighted by Crippen LogP contribution is -2.36. The highest BCUT2D eigenvalue weighted by molar-refractivity contribution is 8.26. The van der Waals surface area contributed by atoms with E-state index in [1.165, 1.54) is 9.80 Å². The molecular weight excluding hydrogens is 470 g/mol. The van der Waals surface area contributed by atoms with E-state index in [9.17, 15) is 14.4 Å². The highest BCUT2D eigenvalue weighted by Gasteiger charge is 2.43. The lowest BCUT2D eigenvalue weighted by atomic mass is 10.1. The van der Waals surface area contributed by atoms with Crippen LogP contribution in [0.2, 0.25) is 0 Å². The lowest BCUT2D eigenvalue weighted by molar-refractivity contribution is -0.123. The van der Waals surface area contributed by atoms with Crippen molar-refractivity contribution in [3.05, 3.63) is 64.6 Å². The number of fused-ring (bicyclic) bond motifs is 1. The van der Waals surface area contributed by atoms with Crippen molar-refractivity contribution in [3.63, 3.8) is 0 Å². The second-order valence-electron chi connectivity index (χ2n) is 8.45. The smallest absolute Gasteiger partial charge is 0.267 e.